The van der Waals surface area contributed by atoms with Gasteiger partial charge in [0.2, 0.25) is 0 Å². The lowest BCUT2D eigenvalue weighted by molar-refractivity contribution is -0.884. The summed E-state index contributed by atoms with van der Waals surface area (Å²) in [7, 11) is 2.22. The molecule has 1 aliphatic rings. The maximum Gasteiger partial charge on any atom is 0.128 e. The van der Waals surface area contributed by atoms with Gasteiger partial charge < -0.3 is 15.1 Å². The first-order valence-corrected chi connectivity index (χ1v) is 10.2. The van der Waals surface area contributed by atoms with Gasteiger partial charge in [0.25, 0.3) is 0 Å². The molecule has 1 saturated heterocycles. The fourth-order valence-electron chi connectivity index (χ4n) is 3.47. The number of nitrogens with one attached hydrogen (secondary N) is 1. The van der Waals surface area contributed by atoms with Gasteiger partial charge in [0.15, 0.2) is 0 Å². The number of aliphatic imine (C=N–C) groups is 2. The monoisotopic (exact) mass is 395 g/mol. The van der Waals surface area contributed by atoms with Crippen molar-refractivity contribution in [3.8, 4) is 11.5 Å². The summed E-state index contributed by atoms with van der Waals surface area (Å²) in [4.78, 5) is 12.7. The minimum absolute atomic E-state index is 0.221. The second-order valence-corrected chi connectivity index (χ2v) is 7.72. The van der Waals surface area contributed by atoms with Crippen LogP contribution in [0.15, 0.2) is 46.4 Å². The number of hydrogen-bond donors (Lipinski definition) is 3. The fourth-order valence-corrected chi connectivity index (χ4v) is 3.47. The zero-order valence-corrected chi connectivity index (χ0v) is 17.3. The topological polar surface area (TPSA) is 72.9 Å². The molecule has 0 saturated carbocycles. The minimum Gasteiger partial charge on any atom is -0.507 e. The van der Waals surface area contributed by atoms with Gasteiger partial charge in [0.05, 0.1) is 33.2 Å². The first-order valence-electron chi connectivity index (χ1n) is 10.2. The summed E-state index contributed by atoms with van der Waals surface area (Å²) in [5.41, 5.74) is 3.53. The Balaban J connectivity index is 1.57. The molecule has 6 nitrogen and oxygen atoms in total. The van der Waals surface area contributed by atoms with E-state index in [9.17, 15) is 10.2 Å². The van der Waals surface area contributed by atoms with Crippen molar-refractivity contribution < 1.29 is 15.1 Å². The van der Waals surface area contributed by atoms with Gasteiger partial charge in [-0.1, -0.05) is 18.2 Å². The van der Waals surface area contributed by atoms with Crippen molar-refractivity contribution in [2.45, 2.75) is 13.5 Å². The predicted octanol–water partition coefficient (Wildman–Crippen LogP) is 1.27. The Morgan fingerprint density at radius 3 is 2.34 bits per heavy atom. The average Bonchev–Trinajstić information content (AvgIpc) is 2.70. The zero-order valence-electron chi connectivity index (χ0n) is 17.3. The second-order valence-electron chi connectivity index (χ2n) is 7.72. The van der Waals surface area contributed by atoms with Crippen molar-refractivity contribution in [2.24, 2.45) is 9.98 Å². The van der Waals surface area contributed by atoms with E-state index in [1.807, 2.05) is 25.1 Å². The Labute approximate surface area is 172 Å². The number of rotatable bonds is 7. The zero-order chi connectivity index (χ0) is 20.6. The Morgan fingerprint density at radius 1 is 1.00 bits per heavy atom. The van der Waals surface area contributed by atoms with E-state index in [2.05, 4.69) is 28.0 Å². The van der Waals surface area contributed by atoms with Crippen molar-refractivity contribution in [1.29, 1.82) is 0 Å². The number of aryl methyl sites for hydroxylation is 1. The van der Waals surface area contributed by atoms with Crippen LogP contribution in [0.1, 0.15) is 22.3 Å². The van der Waals surface area contributed by atoms with Crippen molar-refractivity contribution in [3.05, 3.63) is 58.7 Å². The first kappa shape index (κ1) is 21.0. The molecule has 0 aliphatic carbocycles. The minimum atomic E-state index is 0.221. The molecule has 2 aromatic rings. The summed E-state index contributed by atoms with van der Waals surface area (Å²) in [6.07, 6.45) is 3.39. The third-order valence-corrected chi connectivity index (χ3v) is 5.22. The molecule has 0 amide bonds. The number of benzene rings is 2. The van der Waals surface area contributed by atoms with E-state index in [0.29, 0.717) is 24.4 Å². The molecule has 0 aromatic heterocycles. The molecule has 6 heteroatoms. The number of phenols is 2. The molecule has 0 spiro atoms. The lowest BCUT2D eigenvalue weighted by Gasteiger charge is -2.30. The number of hydrogen-bond acceptors (Lipinski definition) is 5. The van der Waals surface area contributed by atoms with Crippen molar-refractivity contribution in [3.63, 3.8) is 0 Å². The Kier molecular flexibility index (Phi) is 7.38. The third kappa shape index (κ3) is 6.14. The number of piperazine rings is 1. The molecule has 0 unspecified atom stereocenters. The van der Waals surface area contributed by atoms with Crippen molar-refractivity contribution >= 4 is 12.4 Å². The van der Waals surface area contributed by atoms with Gasteiger partial charge >= 0.3 is 0 Å². The molecule has 1 aliphatic heterocycles. The van der Waals surface area contributed by atoms with Crippen LogP contribution >= 0.6 is 0 Å². The molecule has 3 rings (SSSR count). The molecule has 29 heavy (non-hydrogen) atoms. The average molecular weight is 396 g/mol. The summed E-state index contributed by atoms with van der Waals surface area (Å²) < 4.78 is 0. The molecule has 0 radical (unpaired) electrons. The number of para-hydroxylation sites is 1. The Hall–Kier alpha value is -2.70. The standard InChI is InChI=1S/C23H30N4O2/c1-18-13-20(16-25-8-7-24-15-19-5-3-4-6-22(19)28)23(29)21(14-18)17-27-11-9-26(2)10-12-27/h3-6,13-16,28-29H,7-12,17H2,1-2H3/p+1. The van der Waals surface area contributed by atoms with E-state index in [1.165, 1.54) is 0 Å². The number of aromatic hydroxyl groups is 2. The van der Waals surface area contributed by atoms with Gasteiger partial charge in [0.1, 0.15) is 11.5 Å². The molecular weight excluding hydrogens is 364 g/mol. The number of likely N-dealkylation sites (N-methyl/N-ethyl adjacent to an activating group) is 1. The van der Waals surface area contributed by atoms with Gasteiger partial charge in [-0.25, -0.2) is 0 Å². The highest BCUT2D eigenvalue weighted by molar-refractivity contribution is 5.85. The Morgan fingerprint density at radius 2 is 1.66 bits per heavy atom. The molecule has 0 atom stereocenters. The van der Waals surface area contributed by atoms with Gasteiger partial charge in [-0.3, -0.25) is 14.9 Å². The van der Waals surface area contributed by atoms with E-state index >= 15 is 0 Å². The van der Waals surface area contributed by atoms with Crippen LogP contribution in [-0.2, 0) is 6.54 Å². The second kappa shape index (κ2) is 10.2. The summed E-state index contributed by atoms with van der Waals surface area (Å²) in [5.74, 6) is 0.544. The highest BCUT2D eigenvalue weighted by atomic mass is 16.3. The van der Waals surface area contributed by atoms with Crippen LogP contribution in [0, 0.1) is 6.92 Å². The molecule has 1 fully saturated rings. The molecule has 0 bridgehead atoms. The lowest BCUT2D eigenvalue weighted by atomic mass is 10.0. The molecule has 2 aromatic carbocycles. The van der Waals surface area contributed by atoms with E-state index in [4.69, 9.17) is 0 Å². The summed E-state index contributed by atoms with van der Waals surface area (Å²) in [6.45, 7) is 8.25. The van der Waals surface area contributed by atoms with E-state index in [-0.39, 0.29) is 5.75 Å². The lowest BCUT2D eigenvalue weighted by Crippen LogP contribution is -3.11. The van der Waals surface area contributed by atoms with E-state index in [1.54, 1.807) is 29.5 Å². The maximum atomic E-state index is 10.7. The molecule has 1 heterocycles. The first-order chi connectivity index (χ1) is 14.0. The van der Waals surface area contributed by atoms with Crippen LogP contribution in [0.25, 0.3) is 0 Å². The van der Waals surface area contributed by atoms with E-state index < -0.39 is 0 Å². The molecular formula is C23H31N4O2+. The van der Waals surface area contributed by atoms with Crippen LogP contribution in [0.2, 0.25) is 0 Å². The highest BCUT2D eigenvalue weighted by Crippen LogP contribution is 2.25. The van der Waals surface area contributed by atoms with Gasteiger partial charge in [-0.2, -0.15) is 0 Å². The van der Waals surface area contributed by atoms with Crippen LogP contribution in [0.4, 0.5) is 0 Å². The number of phenolic OH excluding ortho intramolecular Hbond substituents is 2. The quantitative estimate of drug-likeness (QED) is 0.488. The number of nitrogens with zero attached hydrogens (tertiary/aromatic N) is 3. The van der Waals surface area contributed by atoms with Crippen LogP contribution in [0.5, 0.6) is 11.5 Å². The Bertz CT molecular complexity index is 871. The third-order valence-electron chi connectivity index (χ3n) is 5.22. The summed E-state index contributed by atoms with van der Waals surface area (Å²) in [5, 5.41) is 20.4. The van der Waals surface area contributed by atoms with Crippen molar-refractivity contribution in [1.82, 2.24) is 4.90 Å². The van der Waals surface area contributed by atoms with Gasteiger partial charge in [-0.15, -0.1) is 0 Å². The summed E-state index contributed by atoms with van der Waals surface area (Å²) in [6, 6.07) is 11.1. The summed E-state index contributed by atoms with van der Waals surface area (Å²) >= 11 is 0. The fraction of sp³-hybridized carbons (Fsp3) is 0.391. The van der Waals surface area contributed by atoms with Crippen LogP contribution in [-0.4, -0.2) is 73.9 Å². The van der Waals surface area contributed by atoms with Crippen LogP contribution in [0.3, 0.4) is 0 Å². The molecule has 154 valence electrons. The molecule has 3 N–H and O–H groups in total. The van der Waals surface area contributed by atoms with Gasteiger partial charge in [0, 0.05) is 48.8 Å². The van der Waals surface area contributed by atoms with E-state index in [0.717, 1.165) is 49.4 Å². The normalized spacial score (nSPS) is 16.2. The van der Waals surface area contributed by atoms with Crippen LogP contribution < -0.4 is 4.90 Å². The maximum absolute atomic E-state index is 10.7. The van der Waals surface area contributed by atoms with Crippen molar-refractivity contribution in [2.75, 3.05) is 46.3 Å². The largest absolute Gasteiger partial charge is 0.507 e. The van der Waals surface area contributed by atoms with Gasteiger partial charge in [-0.05, 0) is 30.7 Å². The number of quaternary nitrogens is 1. The highest BCUT2D eigenvalue weighted by Gasteiger charge is 2.18. The predicted molar refractivity (Wildman–Crippen MR) is 118 cm³/mol. The SMILES string of the molecule is Cc1cc(C=NCCN=Cc2ccccc2O)c(O)c(CN2CC[NH+](C)CC2)c1. The smallest absolute Gasteiger partial charge is 0.128 e.